The van der Waals surface area contributed by atoms with Gasteiger partial charge >= 0.3 is 0 Å². The average Bonchev–Trinajstić information content (AvgIpc) is 3.33. The van der Waals surface area contributed by atoms with Crippen molar-refractivity contribution < 1.29 is 5.11 Å². The zero-order valence-corrected chi connectivity index (χ0v) is 18.4. The van der Waals surface area contributed by atoms with Crippen LogP contribution >= 0.6 is 24.0 Å². The van der Waals surface area contributed by atoms with Gasteiger partial charge in [0.05, 0.1) is 0 Å². The van der Waals surface area contributed by atoms with Gasteiger partial charge in [-0.3, -0.25) is 9.89 Å². The Balaban J connectivity index is 0.00000529. The average molecular weight is 454 g/mol. The van der Waals surface area contributed by atoms with Gasteiger partial charge in [-0.15, -0.1) is 24.0 Å². The van der Waals surface area contributed by atoms with Crippen molar-refractivity contribution in [3.63, 3.8) is 0 Å². The molecule has 1 fully saturated rings. The first-order valence-corrected chi connectivity index (χ1v) is 9.47. The summed E-state index contributed by atoms with van der Waals surface area (Å²) in [6.07, 6.45) is 4.68. The van der Waals surface area contributed by atoms with Crippen molar-refractivity contribution in [3.8, 4) is 0 Å². The third-order valence-electron chi connectivity index (χ3n) is 4.35. The molecule has 0 radical (unpaired) electrons. The van der Waals surface area contributed by atoms with Crippen LogP contribution in [0.1, 0.15) is 53.4 Å². The smallest absolute Gasteiger partial charge is 0.191 e. The van der Waals surface area contributed by atoms with Crippen molar-refractivity contribution in [2.75, 3.05) is 39.3 Å². The molecule has 0 aromatic rings. The van der Waals surface area contributed by atoms with E-state index in [9.17, 15) is 5.11 Å². The monoisotopic (exact) mass is 454 g/mol. The molecule has 0 aromatic heterocycles. The Morgan fingerprint density at radius 2 is 1.96 bits per heavy atom. The molecule has 5 nitrogen and oxygen atoms in total. The summed E-state index contributed by atoms with van der Waals surface area (Å²) >= 11 is 0. The number of nitrogens with one attached hydrogen (secondary N) is 2. The molecule has 24 heavy (non-hydrogen) atoms. The molecule has 1 aliphatic rings. The number of aliphatic imine (C=N–C) groups is 1. The van der Waals surface area contributed by atoms with Gasteiger partial charge in [0.1, 0.15) is 0 Å². The van der Waals surface area contributed by atoms with Crippen molar-refractivity contribution >= 4 is 29.9 Å². The molecule has 0 bridgehead atoms. The van der Waals surface area contributed by atoms with Crippen LogP contribution in [0.2, 0.25) is 0 Å². The maximum atomic E-state index is 9.22. The van der Waals surface area contributed by atoms with Crippen molar-refractivity contribution in [2.45, 2.75) is 59.4 Å². The molecule has 1 saturated carbocycles. The molecule has 1 atom stereocenters. The highest BCUT2D eigenvalue weighted by Gasteiger charge is 2.27. The van der Waals surface area contributed by atoms with Gasteiger partial charge in [-0.2, -0.15) is 0 Å². The van der Waals surface area contributed by atoms with Crippen LogP contribution < -0.4 is 10.6 Å². The van der Waals surface area contributed by atoms with Crippen molar-refractivity contribution in [1.82, 2.24) is 15.5 Å². The summed E-state index contributed by atoms with van der Waals surface area (Å²) in [5, 5.41) is 16.0. The molecular weight excluding hydrogens is 415 g/mol. The molecule has 1 unspecified atom stereocenters. The number of hydrogen-bond donors (Lipinski definition) is 3. The molecule has 0 spiro atoms. The predicted molar refractivity (Wildman–Crippen MR) is 114 cm³/mol. The minimum absolute atomic E-state index is 0. The fraction of sp³-hybridized carbons (Fsp3) is 0.944. The third-order valence-corrected chi connectivity index (χ3v) is 4.35. The van der Waals surface area contributed by atoms with E-state index >= 15 is 0 Å². The lowest BCUT2D eigenvalue weighted by molar-refractivity contribution is 0.245. The predicted octanol–water partition coefficient (Wildman–Crippen LogP) is 2.69. The zero-order valence-electron chi connectivity index (χ0n) is 16.1. The maximum absolute atomic E-state index is 9.22. The SMILES string of the molecule is CCNC(=NCC(CCO)CC(C)C)NCCN(CC)C1CC1.I. The molecule has 0 aromatic carbocycles. The van der Waals surface area contributed by atoms with Crippen molar-refractivity contribution in [3.05, 3.63) is 0 Å². The minimum atomic E-state index is 0. The van der Waals surface area contributed by atoms with Crippen molar-refractivity contribution in [2.24, 2.45) is 16.8 Å². The molecular formula is C18H39IN4O. The van der Waals surface area contributed by atoms with Gasteiger partial charge in [-0.05, 0) is 51.0 Å². The van der Waals surface area contributed by atoms with E-state index in [1.807, 2.05) is 0 Å². The Morgan fingerprint density at radius 3 is 2.46 bits per heavy atom. The summed E-state index contributed by atoms with van der Waals surface area (Å²) in [6, 6.07) is 0.821. The second-order valence-corrected chi connectivity index (χ2v) is 7.01. The summed E-state index contributed by atoms with van der Waals surface area (Å²) < 4.78 is 0. The van der Waals surface area contributed by atoms with Crippen molar-refractivity contribution in [1.29, 1.82) is 0 Å². The zero-order chi connectivity index (χ0) is 17.1. The van der Waals surface area contributed by atoms with E-state index in [0.717, 1.165) is 57.6 Å². The van der Waals surface area contributed by atoms with Crippen LogP contribution in [-0.4, -0.2) is 61.3 Å². The van der Waals surface area contributed by atoms with E-state index in [0.29, 0.717) is 11.8 Å². The molecule has 0 aliphatic heterocycles. The van der Waals surface area contributed by atoms with E-state index in [1.54, 1.807) is 0 Å². The van der Waals surface area contributed by atoms with E-state index in [-0.39, 0.29) is 30.6 Å². The molecule has 6 heteroatoms. The van der Waals surface area contributed by atoms with Gasteiger partial charge in [0.15, 0.2) is 5.96 Å². The quantitative estimate of drug-likeness (QED) is 0.241. The van der Waals surface area contributed by atoms with Crippen LogP contribution in [0.4, 0.5) is 0 Å². The number of rotatable bonds is 12. The van der Waals surface area contributed by atoms with Gasteiger partial charge in [-0.1, -0.05) is 20.8 Å². The van der Waals surface area contributed by atoms with Gasteiger partial charge in [0.2, 0.25) is 0 Å². The van der Waals surface area contributed by atoms with Crippen LogP contribution in [0.3, 0.4) is 0 Å². The largest absolute Gasteiger partial charge is 0.396 e. The standard InChI is InChI=1S/C18H38N4O.HI/c1-5-19-18(20-10-11-22(6-2)17-7-8-17)21-14-16(9-12-23)13-15(3)4;/h15-17,23H,5-14H2,1-4H3,(H2,19,20,21);1H. The van der Waals surface area contributed by atoms with E-state index in [2.05, 4.69) is 43.2 Å². The number of hydrogen-bond acceptors (Lipinski definition) is 3. The highest BCUT2D eigenvalue weighted by Crippen LogP contribution is 2.25. The number of halogens is 1. The normalized spacial score (nSPS) is 16.2. The lowest BCUT2D eigenvalue weighted by atomic mass is 9.94. The van der Waals surface area contributed by atoms with E-state index < -0.39 is 0 Å². The van der Waals surface area contributed by atoms with Gasteiger partial charge < -0.3 is 15.7 Å². The first-order chi connectivity index (χ1) is 11.1. The number of likely N-dealkylation sites (N-methyl/N-ethyl adjacent to an activating group) is 1. The van der Waals surface area contributed by atoms with Crippen LogP contribution in [0.5, 0.6) is 0 Å². The fourth-order valence-electron chi connectivity index (χ4n) is 3.05. The van der Waals surface area contributed by atoms with Crippen LogP contribution in [-0.2, 0) is 0 Å². The summed E-state index contributed by atoms with van der Waals surface area (Å²) in [5.74, 6) is 2.02. The first kappa shape index (κ1) is 23.9. The summed E-state index contributed by atoms with van der Waals surface area (Å²) in [7, 11) is 0. The Labute approximate surface area is 166 Å². The summed E-state index contributed by atoms with van der Waals surface area (Å²) in [4.78, 5) is 7.28. The van der Waals surface area contributed by atoms with Gasteiger partial charge in [0.25, 0.3) is 0 Å². The maximum Gasteiger partial charge on any atom is 0.191 e. The Kier molecular flexibility index (Phi) is 14.1. The second-order valence-electron chi connectivity index (χ2n) is 7.01. The third kappa shape index (κ3) is 10.7. The topological polar surface area (TPSA) is 59.9 Å². The Morgan fingerprint density at radius 1 is 1.25 bits per heavy atom. The molecule has 144 valence electrons. The van der Waals surface area contributed by atoms with Crippen LogP contribution in [0, 0.1) is 11.8 Å². The van der Waals surface area contributed by atoms with Gasteiger partial charge in [0, 0.05) is 38.8 Å². The number of nitrogens with zero attached hydrogens (tertiary/aromatic N) is 2. The van der Waals surface area contributed by atoms with E-state index in [4.69, 9.17) is 4.99 Å². The van der Waals surface area contributed by atoms with Crippen LogP contribution in [0.25, 0.3) is 0 Å². The summed E-state index contributed by atoms with van der Waals surface area (Å²) in [6.45, 7) is 13.9. The second kappa shape index (κ2) is 14.1. The molecule has 0 heterocycles. The molecule has 1 aliphatic carbocycles. The molecule has 0 amide bonds. The lowest BCUT2D eigenvalue weighted by Crippen LogP contribution is -2.42. The summed E-state index contributed by atoms with van der Waals surface area (Å²) in [5.41, 5.74) is 0. The number of guanidine groups is 1. The fourth-order valence-corrected chi connectivity index (χ4v) is 3.05. The van der Waals surface area contributed by atoms with Crippen LogP contribution in [0.15, 0.2) is 4.99 Å². The minimum Gasteiger partial charge on any atom is -0.396 e. The molecule has 3 N–H and O–H groups in total. The highest BCUT2D eigenvalue weighted by atomic mass is 127. The first-order valence-electron chi connectivity index (χ1n) is 9.47. The lowest BCUT2D eigenvalue weighted by Gasteiger charge is -2.21. The van der Waals surface area contributed by atoms with E-state index in [1.165, 1.54) is 12.8 Å². The van der Waals surface area contributed by atoms with Gasteiger partial charge in [-0.25, -0.2) is 0 Å². The Hall–Kier alpha value is -0.0800. The number of aliphatic hydroxyl groups is 1. The number of aliphatic hydroxyl groups excluding tert-OH is 1. The highest BCUT2D eigenvalue weighted by molar-refractivity contribution is 14.0. The molecule has 0 saturated heterocycles. The molecule has 1 rings (SSSR count). The Bertz CT molecular complexity index is 335.